The zero-order valence-corrected chi connectivity index (χ0v) is 16.0. The predicted octanol–water partition coefficient (Wildman–Crippen LogP) is 3.36. The van der Waals surface area contributed by atoms with E-state index < -0.39 is 16.1 Å². The van der Waals surface area contributed by atoms with Crippen LogP contribution in [0.25, 0.3) is 10.8 Å². The van der Waals surface area contributed by atoms with Gasteiger partial charge in [0.2, 0.25) is 5.91 Å². The molecule has 0 fully saturated rings. The second kappa shape index (κ2) is 6.39. The van der Waals surface area contributed by atoms with Crippen LogP contribution in [0.1, 0.15) is 18.1 Å². The minimum Gasteiger partial charge on any atom is -0.350 e. The molecule has 1 heterocycles. The molecular formula is C21H20N2O3S. The van der Waals surface area contributed by atoms with Gasteiger partial charge in [0.05, 0.1) is 10.6 Å². The maximum atomic E-state index is 13.1. The van der Waals surface area contributed by atoms with Gasteiger partial charge in [0.25, 0.3) is 10.0 Å². The molecule has 3 aromatic carbocycles. The van der Waals surface area contributed by atoms with E-state index in [0.717, 1.165) is 16.5 Å². The van der Waals surface area contributed by atoms with E-state index in [1.165, 1.54) is 4.31 Å². The topological polar surface area (TPSA) is 66.5 Å². The van der Waals surface area contributed by atoms with Crippen molar-refractivity contribution in [2.45, 2.75) is 31.3 Å². The second-order valence-corrected chi connectivity index (χ2v) is 8.60. The largest absolute Gasteiger partial charge is 0.350 e. The van der Waals surface area contributed by atoms with Crippen molar-refractivity contribution in [3.8, 4) is 0 Å². The monoisotopic (exact) mass is 380 g/mol. The molecule has 138 valence electrons. The Morgan fingerprint density at radius 1 is 1.07 bits per heavy atom. The Morgan fingerprint density at radius 2 is 1.78 bits per heavy atom. The van der Waals surface area contributed by atoms with Crippen LogP contribution < -0.4 is 9.62 Å². The first-order valence-electron chi connectivity index (χ1n) is 8.79. The molecule has 1 amide bonds. The smallest absolute Gasteiger partial charge is 0.265 e. The van der Waals surface area contributed by atoms with E-state index in [2.05, 4.69) is 5.32 Å². The highest BCUT2D eigenvalue weighted by atomic mass is 32.2. The molecule has 3 aromatic rings. The normalized spacial score (nSPS) is 15.7. The number of rotatable bonds is 4. The third kappa shape index (κ3) is 2.86. The Labute approximate surface area is 158 Å². The van der Waals surface area contributed by atoms with Crippen LogP contribution >= 0.6 is 0 Å². The molecule has 1 atom stereocenters. The Hall–Kier alpha value is -2.86. The van der Waals surface area contributed by atoms with Crippen molar-refractivity contribution in [1.82, 2.24) is 5.32 Å². The molecular weight excluding hydrogens is 360 g/mol. The molecule has 1 N–H and O–H groups in total. The number of nitrogens with zero attached hydrogens (tertiary/aromatic N) is 1. The number of hydrogen-bond donors (Lipinski definition) is 1. The molecule has 1 aliphatic heterocycles. The summed E-state index contributed by atoms with van der Waals surface area (Å²) in [5.74, 6) is -0.329. The van der Waals surface area contributed by atoms with Crippen molar-refractivity contribution in [3.63, 3.8) is 0 Å². The van der Waals surface area contributed by atoms with Crippen molar-refractivity contribution in [2.75, 3.05) is 4.31 Å². The van der Waals surface area contributed by atoms with Crippen LogP contribution in [0.5, 0.6) is 0 Å². The van der Waals surface area contributed by atoms with Crippen molar-refractivity contribution in [3.05, 3.63) is 71.8 Å². The van der Waals surface area contributed by atoms with Gasteiger partial charge in [-0.1, -0.05) is 54.1 Å². The van der Waals surface area contributed by atoms with E-state index in [1.807, 2.05) is 49.4 Å². The van der Waals surface area contributed by atoms with Gasteiger partial charge in [0.15, 0.2) is 0 Å². The first kappa shape index (κ1) is 17.5. The van der Waals surface area contributed by atoms with E-state index in [4.69, 9.17) is 0 Å². The van der Waals surface area contributed by atoms with Crippen LogP contribution in [0.3, 0.4) is 0 Å². The van der Waals surface area contributed by atoms with Crippen LogP contribution in [0, 0.1) is 6.92 Å². The Balaban J connectivity index is 1.63. The lowest BCUT2D eigenvalue weighted by atomic mass is 10.1. The summed E-state index contributed by atoms with van der Waals surface area (Å²) in [5, 5.41) is 4.38. The molecule has 0 bridgehead atoms. The number of carbonyl (C=O) groups excluding carboxylic acids is 1. The molecule has 4 rings (SSSR count). The van der Waals surface area contributed by atoms with Gasteiger partial charge < -0.3 is 5.32 Å². The third-order valence-corrected chi connectivity index (χ3v) is 6.83. The van der Waals surface area contributed by atoms with Crippen molar-refractivity contribution < 1.29 is 13.2 Å². The predicted molar refractivity (Wildman–Crippen MR) is 106 cm³/mol. The van der Waals surface area contributed by atoms with Gasteiger partial charge in [-0.25, -0.2) is 8.42 Å². The molecule has 6 heteroatoms. The maximum absolute atomic E-state index is 13.1. The minimum atomic E-state index is -3.76. The highest BCUT2D eigenvalue weighted by molar-refractivity contribution is 7.93. The fourth-order valence-corrected chi connectivity index (χ4v) is 5.47. The lowest BCUT2D eigenvalue weighted by Gasteiger charge is -2.25. The molecule has 0 saturated heterocycles. The van der Waals surface area contributed by atoms with Crippen molar-refractivity contribution in [1.29, 1.82) is 0 Å². The van der Waals surface area contributed by atoms with Crippen molar-refractivity contribution in [2.24, 2.45) is 0 Å². The van der Waals surface area contributed by atoms with Crippen LogP contribution in [-0.4, -0.2) is 20.4 Å². The van der Waals surface area contributed by atoms with E-state index in [0.29, 0.717) is 17.6 Å². The van der Waals surface area contributed by atoms with Gasteiger partial charge in [0.1, 0.15) is 6.04 Å². The van der Waals surface area contributed by atoms with Gasteiger partial charge in [-0.15, -0.1) is 0 Å². The average molecular weight is 380 g/mol. The van der Waals surface area contributed by atoms with Crippen LogP contribution in [0.15, 0.2) is 65.6 Å². The van der Waals surface area contributed by atoms with Gasteiger partial charge in [-0.3, -0.25) is 9.10 Å². The number of benzene rings is 3. The molecule has 1 aliphatic rings. The van der Waals surface area contributed by atoms with Crippen LogP contribution in [0.2, 0.25) is 0 Å². The molecule has 0 saturated carbocycles. The molecule has 27 heavy (non-hydrogen) atoms. The summed E-state index contributed by atoms with van der Waals surface area (Å²) in [7, 11) is -3.76. The van der Waals surface area contributed by atoms with Crippen LogP contribution in [0.4, 0.5) is 5.69 Å². The number of nitrogens with one attached hydrogen (secondary N) is 1. The summed E-state index contributed by atoms with van der Waals surface area (Å²) in [6.07, 6.45) is 0. The van der Waals surface area contributed by atoms with Gasteiger partial charge in [-0.2, -0.15) is 0 Å². The van der Waals surface area contributed by atoms with Crippen LogP contribution in [-0.2, 0) is 21.4 Å². The Morgan fingerprint density at radius 3 is 2.52 bits per heavy atom. The summed E-state index contributed by atoms with van der Waals surface area (Å²) in [6, 6.07) is 17.6. The SMILES string of the molecule is Cc1cccc(CNC(=O)C(C)N2c3cccc4cccc(c34)S2(=O)=O)c1. The fraction of sp³-hybridized carbons (Fsp3) is 0.190. The average Bonchev–Trinajstić information content (AvgIpc) is 2.88. The zero-order valence-electron chi connectivity index (χ0n) is 15.1. The summed E-state index contributed by atoms with van der Waals surface area (Å²) >= 11 is 0. The fourth-order valence-electron chi connectivity index (χ4n) is 3.60. The Kier molecular flexibility index (Phi) is 4.15. The zero-order chi connectivity index (χ0) is 19.2. The van der Waals surface area contributed by atoms with Crippen molar-refractivity contribution >= 4 is 32.4 Å². The third-order valence-electron chi connectivity index (χ3n) is 4.90. The second-order valence-electron chi connectivity index (χ2n) is 6.82. The maximum Gasteiger partial charge on any atom is 0.265 e. The molecule has 5 nitrogen and oxygen atoms in total. The number of hydrogen-bond acceptors (Lipinski definition) is 3. The minimum absolute atomic E-state index is 0.258. The first-order valence-corrected chi connectivity index (χ1v) is 10.2. The summed E-state index contributed by atoms with van der Waals surface area (Å²) in [6.45, 7) is 3.96. The number of amides is 1. The number of sulfonamides is 1. The molecule has 0 aromatic heterocycles. The Bertz CT molecular complexity index is 1150. The van der Waals surface area contributed by atoms with Gasteiger partial charge in [-0.05, 0) is 36.9 Å². The van der Waals surface area contributed by atoms with Gasteiger partial charge in [0, 0.05) is 11.9 Å². The summed E-state index contributed by atoms with van der Waals surface area (Å²) < 4.78 is 27.4. The summed E-state index contributed by atoms with van der Waals surface area (Å²) in [4.78, 5) is 13.0. The van der Waals surface area contributed by atoms with E-state index in [9.17, 15) is 13.2 Å². The molecule has 0 radical (unpaired) electrons. The number of aryl methyl sites for hydroxylation is 1. The molecule has 0 aliphatic carbocycles. The lowest BCUT2D eigenvalue weighted by Crippen LogP contribution is -2.46. The molecule has 0 spiro atoms. The molecule has 1 unspecified atom stereocenters. The first-order chi connectivity index (χ1) is 12.9. The summed E-state index contributed by atoms with van der Waals surface area (Å²) in [5.41, 5.74) is 2.64. The van der Waals surface area contributed by atoms with E-state index >= 15 is 0 Å². The van der Waals surface area contributed by atoms with E-state index in [1.54, 1.807) is 25.1 Å². The standard InChI is InChI=1S/C21H20N2O3S/c1-14-6-3-7-16(12-14)13-22-21(24)15(2)23-18-10-4-8-17-9-5-11-19(20(17)18)27(23,25)26/h3-12,15H,13H2,1-2H3,(H,22,24). The quantitative estimate of drug-likeness (QED) is 0.755. The van der Waals surface area contributed by atoms with Gasteiger partial charge >= 0.3 is 0 Å². The highest BCUT2D eigenvalue weighted by Crippen LogP contribution is 2.43. The van der Waals surface area contributed by atoms with E-state index in [-0.39, 0.29) is 10.8 Å². The lowest BCUT2D eigenvalue weighted by molar-refractivity contribution is -0.122. The number of carbonyl (C=O) groups is 1. The number of anilines is 1. The highest BCUT2D eigenvalue weighted by Gasteiger charge is 2.40.